The molecule has 0 saturated carbocycles. The lowest BCUT2D eigenvalue weighted by Crippen LogP contribution is -2.44. The number of benzene rings is 1. The van der Waals surface area contributed by atoms with Crippen molar-refractivity contribution in [1.82, 2.24) is 16.0 Å². The number of ether oxygens (including phenoxy) is 2. The lowest BCUT2D eigenvalue weighted by atomic mass is 10.1. The second-order valence-electron chi connectivity index (χ2n) is 7.97. The third-order valence-electron chi connectivity index (χ3n) is 4.17. The quantitative estimate of drug-likeness (QED) is 0.175. The minimum atomic E-state index is -0.560. The van der Waals surface area contributed by atoms with Gasteiger partial charge in [-0.15, -0.1) is 24.0 Å². The molecule has 1 amide bonds. The van der Waals surface area contributed by atoms with E-state index in [1.54, 1.807) is 13.3 Å². The average molecular weight is 558 g/mol. The fourth-order valence-electron chi connectivity index (χ4n) is 2.76. The minimum absolute atomic E-state index is 0. The third-order valence-corrected chi connectivity index (χ3v) is 4.17. The number of rotatable bonds is 10. The maximum atomic E-state index is 12.3. The van der Waals surface area contributed by atoms with Crippen molar-refractivity contribution in [2.75, 3.05) is 26.7 Å². The number of furan rings is 1. The normalized spacial score (nSPS) is 12.4. The monoisotopic (exact) mass is 558 g/mol. The van der Waals surface area contributed by atoms with Crippen LogP contribution in [0.15, 0.2) is 58.1 Å². The molecule has 2 rings (SSSR count). The first-order chi connectivity index (χ1) is 14.9. The van der Waals surface area contributed by atoms with E-state index in [1.165, 1.54) is 0 Å². The largest absolute Gasteiger partial charge is 0.467 e. The van der Waals surface area contributed by atoms with Crippen LogP contribution in [-0.2, 0) is 16.1 Å². The maximum absolute atomic E-state index is 12.3. The molecule has 2 aromatic rings. The summed E-state index contributed by atoms with van der Waals surface area (Å²) in [6.07, 6.45) is 2.00. The number of amides is 1. The molecule has 0 aliphatic carbocycles. The Kier molecular flexibility index (Phi) is 12.8. The highest BCUT2D eigenvalue weighted by molar-refractivity contribution is 14.0. The summed E-state index contributed by atoms with van der Waals surface area (Å²) in [4.78, 5) is 16.5. The minimum Gasteiger partial charge on any atom is -0.467 e. The van der Waals surface area contributed by atoms with E-state index in [1.807, 2.05) is 63.2 Å². The Labute approximate surface area is 207 Å². The standard InChI is InChI=1S/C23H34N4O4.HI/c1-23(2,3)31-22(28)27-20(18-10-6-5-7-11-18)16-26-21(24-4)25-13-9-14-29-17-19-12-8-15-30-19;/h5-8,10-12,15,20H,9,13-14,16-17H2,1-4H3,(H,27,28)(H2,24,25,26);1H. The van der Waals surface area contributed by atoms with Crippen molar-refractivity contribution in [2.24, 2.45) is 4.99 Å². The van der Waals surface area contributed by atoms with Crippen molar-refractivity contribution in [3.05, 3.63) is 60.1 Å². The van der Waals surface area contributed by atoms with Crippen LogP contribution >= 0.6 is 24.0 Å². The van der Waals surface area contributed by atoms with E-state index in [-0.39, 0.29) is 30.0 Å². The van der Waals surface area contributed by atoms with Gasteiger partial charge in [-0.05, 0) is 44.9 Å². The molecule has 3 N–H and O–H groups in total. The first-order valence-corrected chi connectivity index (χ1v) is 10.5. The Balaban J connectivity index is 0.00000512. The molecular weight excluding hydrogens is 523 g/mol. The lowest BCUT2D eigenvalue weighted by Gasteiger charge is -2.24. The molecule has 1 atom stereocenters. The fourth-order valence-corrected chi connectivity index (χ4v) is 2.76. The highest BCUT2D eigenvalue weighted by atomic mass is 127. The summed E-state index contributed by atoms with van der Waals surface area (Å²) in [5.74, 6) is 1.47. The Morgan fingerprint density at radius 1 is 1.12 bits per heavy atom. The number of halogens is 1. The maximum Gasteiger partial charge on any atom is 0.408 e. The molecule has 0 saturated heterocycles. The summed E-state index contributed by atoms with van der Waals surface area (Å²) in [5.41, 5.74) is 0.414. The smallest absolute Gasteiger partial charge is 0.408 e. The molecule has 9 heteroatoms. The van der Waals surface area contributed by atoms with Crippen LogP contribution in [0.25, 0.3) is 0 Å². The Morgan fingerprint density at radius 2 is 1.88 bits per heavy atom. The topological polar surface area (TPSA) is 97.1 Å². The number of carbonyl (C=O) groups excluding carboxylic acids is 1. The van der Waals surface area contributed by atoms with Crippen LogP contribution in [0, 0.1) is 0 Å². The predicted octanol–water partition coefficient (Wildman–Crippen LogP) is 4.24. The van der Waals surface area contributed by atoms with E-state index in [9.17, 15) is 4.79 Å². The summed E-state index contributed by atoms with van der Waals surface area (Å²) >= 11 is 0. The zero-order chi connectivity index (χ0) is 22.5. The zero-order valence-electron chi connectivity index (χ0n) is 19.2. The summed E-state index contributed by atoms with van der Waals surface area (Å²) < 4.78 is 16.2. The van der Waals surface area contributed by atoms with Crippen LogP contribution in [-0.4, -0.2) is 44.4 Å². The number of carbonyl (C=O) groups is 1. The molecule has 1 aromatic carbocycles. The molecule has 0 radical (unpaired) electrons. The number of hydrogen-bond acceptors (Lipinski definition) is 5. The van der Waals surface area contributed by atoms with Gasteiger partial charge in [-0.2, -0.15) is 0 Å². The summed E-state index contributed by atoms with van der Waals surface area (Å²) in [6.45, 7) is 7.75. The second-order valence-corrected chi connectivity index (χ2v) is 7.97. The van der Waals surface area contributed by atoms with Crippen LogP contribution in [0.2, 0.25) is 0 Å². The van der Waals surface area contributed by atoms with Gasteiger partial charge in [0.2, 0.25) is 0 Å². The number of aliphatic imine (C=N–C) groups is 1. The molecule has 8 nitrogen and oxygen atoms in total. The van der Waals surface area contributed by atoms with E-state index >= 15 is 0 Å². The molecule has 0 bridgehead atoms. The van der Waals surface area contributed by atoms with Crippen LogP contribution in [0.5, 0.6) is 0 Å². The van der Waals surface area contributed by atoms with Crippen LogP contribution in [0.1, 0.15) is 44.6 Å². The summed E-state index contributed by atoms with van der Waals surface area (Å²) in [5, 5.41) is 9.45. The van der Waals surface area contributed by atoms with E-state index < -0.39 is 11.7 Å². The van der Waals surface area contributed by atoms with Gasteiger partial charge in [-0.25, -0.2) is 4.79 Å². The van der Waals surface area contributed by atoms with E-state index in [0.29, 0.717) is 32.3 Å². The molecule has 1 unspecified atom stereocenters. The summed E-state index contributed by atoms with van der Waals surface area (Å²) in [7, 11) is 1.71. The Bertz CT molecular complexity index is 792. The van der Waals surface area contributed by atoms with E-state index in [0.717, 1.165) is 17.7 Å². The Hall–Kier alpha value is -2.27. The SMILES string of the molecule is CN=C(NCCCOCc1ccco1)NCC(NC(=O)OC(C)(C)C)c1ccccc1.I. The van der Waals surface area contributed by atoms with Crippen molar-refractivity contribution >= 4 is 36.0 Å². The molecule has 1 aromatic heterocycles. The second kappa shape index (κ2) is 14.7. The van der Waals surface area contributed by atoms with E-state index in [4.69, 9.17) is 13.9 Å². The molecule has 178 valence electrons. The van der Waals surface area contributed by atoms with Crippen LogP contribution in [0.3, 0.4) is 0 Å². The summed E-state index contributed by atoms with van der Waals surface area (Å²) in [6, 6.07) is 13.2. The Morgan fingerprint density at radius 3 is 2.50 bits per heavy atom. The van der Waals surface area contributed by atoms with Crippen LogP contribution in [0.4, 0.5) is 4.79 Å². The highest BCUT2D eigenvalue weighted by Gasteiger charge is 2.20. The van der Waals surface area contributed by atoms with Gasteiger partial charge in [-0.3, -0.25) is 4.99 Å². The average Bonchev–Trinajstić information content (AvgIpc) is 3.24. The van der Waals surface area contributed by atoms with Crippen molar-refractivity contribution in [3.8, 4) is 0 Å². The highest BCUT2D eigenvalue weighted by Crippen LogP contribution is 2.14. The zero-order valence-corrected chi connectivity index (χ0v) is 21.6. The van der Waals surface area contributed by atoms with Gasteiger partial charge in [0.25, 0.3) is 0 Å². The molecule has 0 aliphatic heterocycles. The fraction of sp³-hybridized carbons (Fsp3) is 0.478. The molecular formula is C23H35IN4O4. The van der Waals surface area contributed by atoms with Crippen molar-refractivity contribution in [2.45, 2.75) is 45.4 Å². The van der Waals surface area contributed by atoms with Gasteiger partial charge < -0.3 is 29.8 Å². The van der Waals surface area contributed by atoms with Gasteiger partial charge in [-0.1, -0.05) is 30.3 Å². The van der Waals surface area contributed by atoms with Gasteiger partial charge in [0.1, 0.15) is 18.0 Å². The number of nitrogens with zero attached hydrogens (tertiary/aromatic N) is 1. The van der Waals surface area contributed by atoms with Crippen molar-refractivity contribution in [3.63, 3.8) is 0 Å². The first kappa shape index (κ1) is 27.8. The number of hydrogen-bond donors (Lipinski definition) is 3. The van der Waals surface area contributed by atoms with Gasteiger partial charge in [0, 0.05) is 26.7 Å². The molecule has 0 aliphatic rings. The van der Waals surface area contributed by atoms with Crippen molar-refractivity contribution in [1.29, 1.82) is 0 Å². The molecule has 0 fully saturated rings. The third kappa shape index (κ3) is 11.4. The molecule has 1 heterocycles. The number of nitrogens with one attached hydrogen (secondary N) is 3. The first-order valence-electron chi connectivity index (χ1n) is 10.5. The van der Waals surface area contributed by atoms with E-state index in [2.05, 4.69) is 20.9 Å². The number of guanidine groups is 1. The predicted molar refractivity (Wildman–Crippen MR) is 136 cm³/mol. The van der Waals surface area contributed by atoms with Gasteiger partial charge in [0.05, 0.1) is 12.3 Å². The van der Waals surface area contributed by atoms with Crippen LogP contribution < -0.4 is 16.0 Å². The molecule has 0 spiro atoms. The van der Waals surface area contributed by atoms with Gasteiger partial charge in [0.15, 0.2) is 5.96 Å². The van der Waals surface area contributed by atoms with Crippen molar-refractivity contribution < 1.29 is 18.7 Å². The number of alkyl carbamates (subject to hydrolysis) is 1. The molecule has 32 heavy (non-hydrogen) atoms. The van der Waals surface area contributed by atoms with Gasteiger partial charge >= 0.3 is 6.09 Å². The lowest BCUT2D eigenvalue weighted by molar-refractivity contribution is 0.0504.